The van der Waals surface area contributed by atoms with Gasteiger partial charge < -0.3 is 10.6 Å². The number of benzene rings is 1. The molecule has 1 aromatic heterocycles. The van der Waals surface area contributed by atoms with E-state index in [4.69, 9.17) is 0 Å². The minimum absolute atomic E-state index is 0.0407. The molecule has 0 bridgehead atoms. The van der Waals surface area contributed by atoms with E-state index >= 15 is 0 Å². The summed E-state index contributed by atoms with van der Waals surface area (Å²) in [7, 11) is 0. The lowest BCUT2D eigenvalue weighted by molar-refractivity contribution is -0.380. The number of amides is 1. The second-order valence-electron chi connectivity index (χ2n) is 4.29. The van der Waals surface area contributed by atoms with Crippen LogP contribution in [0.1, 0.15) is 22.2 Å². The number of thiophene rings is 1. The second-order valence-corrected chi connectivity index (χ2v) is 5.35. The van der Waals surface area contributed by atoms with Gasteiger partial charge >= 0.3 is 5.00 Å². The molecule has 21 heavy (non-hydrogen) atoms. The van der Waals surface area contributed by atoms with Crippen molar-refractivity contribution in [2.24, 2.45) is 0 Å². The van der Waals surface area contributed by atoms with Crippen molar-refractivity contribution in [1.29, 1.82) is 0 Å². The summed E-state index contributed by atoms with van der Waals surface area (Å²) in [5, 5.41) is 16.6. The van der Waals surface area contributed by atoms with Gasteiger partial charge in [-0.2, -0.15) is 0 Å². The fourth-order valence-corrected chi connectivity index (χ4v) is 2.50. The Morgan fingerprint density at radius 3 is 2.71 bits per heavy atom. The molecule has 0 aliphatic carbocycles. The van der Waals surface area contributed by atoms with E-state index in [1.807, 2.05) is 31.2 Å². The van der Waals surface area contributed by atoms with Gasteiger partial charge in [0.1, 0.15) is 0 Å². The quantitative estimate of drug-likeness (QED) is 0.634. The summed E-state index contributed by atoms with van der Waals surface area (Å²) < 4.78 is 0. The molecule has 2 rings (SSSR count). The third kappa shape index (κ3) is 3.87. The summed E-state index contributed by atoms with van der Waals surface area (Å²) in [6, 6.07) is 10.3. The molecule has 0 aliphatic rings. The summed E-state index contributed by atoms with van der Waals surface area (Å²) in [6.45, 7) is 3.49. The standard InChI is InChI=1S/C14H15N3O3S/c1-2-15-9-10-5-3-4-6-11(10)16-14(18)12-7-8-13(21-12)17(19)20/h3-8,15H,2,9H2,1H3,(H,16,18). The SMILES string of the molecule is CCNCc1ccccc1NC(=O)c1ccc([N+](=O)[O-])s1. The Morgan fingerprint density at radius 2 is 2.05 bits per heavy atom. The lowest BCUT2D eigenvalue weighted by Crippen LogP contribution is -2.16. The van der Waals surface area contributed by atoms with Gasteiger partial charge in [0, 0.05) is 18.3 Å². The number of carbonyl (C=O) groups is 1. The number of carbonyl (C=O) groups excluding carboxylic acids is 1. The van der Waals surface area contributed by atoms with Crippen molar-refractivity contribution in [1.82, 2.24) is 5.32 Å². The van der Waals surface area contributed by atoms with Crippen LogP contribution in [-0.2, 0) is 6.54 Å². The average molecular weight is 305 g/mol. The highest BCUT2D eigenvalue weighted by Gasteiger charge is 2.16. The molecule has 0 radical (unpaired) electrons. The van der Waals surface area contributed by atoms with E-state index in [2.05, 4.69) is 10.6 Å². The van der Waals surface area contributed by atoms with Crippen LogP contribution in [0.3, 0.4) is 0 Å². The molecule has 110 valence electrons. The Labute approximate surface area is 126 Å². The fraction of sp³-hybridized carbons (Fsp3) is 0.214. The maximum absolute atomic E-state index is 12.1. The minimum Gasteiger partial charge on any atom is -0.321 e. The van der Waals surface area contributed by atoms with Crippen molar-refractivity contribution in [3.05, 3.63) is 57.0 Å². The van der Waals surface area contributed by atoms with E-state index in [9.17, 15) is 14.9 Å². The molecule has 2 aromatic rings. The highest BCUT2D eigenvalue weighted by atomic mass is 32.1. The van der Waals surface area contributed by atoms with Crippen LogP contribution in [0.25, 0.3) is 0 Å². The second kappa shape index (κ2) is 6.96. The summed E-state index contributed by atoms with van der Waals surface area (Å²) in [5.41, 5.74) is 1.68. The van der Waals surface area contributed by atoms with Gasteiger partial charge in [0.05, 0.1) is 9.80 Å². The number of nitrogens with one attached hydrogen (secondary N) is 2. The lowest BCUT2D eigenvalue weighted by atomic mass is 10.1. The zero-order chi connectivity index (χ0) is 15.2. The smallest absolute Gasteiger partial charge is 0.321 e. The van der Waals surface area contributed by atoms with E-state index in [0.29, 0.717) is 17.1 Å². The molecular weight excluding hydrogens is 290 g/mol. The maximum Gasteiger partial charge on any atom is 0.324 e. The van der Waals surface area contributed by atoms with E-state index < -0.39 is 4.92 Å². The Balaban J connectivity index is 2.13. The van der Waals surface area contributed by atoms with Crippen molar-refractivity contribution in [3.63, 3.8) is 0 Å². The van der Waals surface area contributed by atoms with Crippen LogP contribution in [0.15, 0.2) is 36.4 Å². The number of anilines is 1. The molecule has 0 fully saturated rings. The van der Waals surface area contributed by atoms with Gasteiger partial charge in [0.25, 0.3) is 5.91 Å². The summed E-state index contributed by atoms with van der Waals surface area (Å²) >= 11 is 0.865. The number of nitro groups is 1. The van der Waals surface area contributed by atoms with Crippen LogP contribution in [0.2, 0.25) is 0 Å². The van der Waals surface area contributed by atoms with Crippen LogP contribution in [-0.4, -0.2) is 17.4 Å². The van der Waals surface area contributed by atoms with Crippen molar-refractivity contribution < 1.29 is 9.72 Å². The highest BCUT2D eigenvalue weighted by Crippen LogP contribution is 2.25. The molecule has 0 unspecified atom stereocenters. The number of para-hydroxylation sites is 1. The van der Waals surface area contributed by atoms with E-state index in [1.54, 1.807) is 0 Å². The molecular formula is C14H15N3O3S. The maximum atomic E-state index is 12.1. The van der Waals surface area contributed by atoms with Gasteiger partial charge in [-0.15, -0.1) is 0 Å². The lowest BCUT2D eigenvalue weighted by Gasteiger charge is -2.10. The first-order valence-electron chi connectivity index (χ1n) is 6.46. The molecule has 1 amide bonds. The molecule has 0 saturated heterocycles. The molecule has 1 aromatic carbocycles. The van der Waals surface area contributed by atoms with E-state index in [0.717, 1.165) is 23.4 Å². The molecule has 0 aliphatic heterocycles. The van der Waals surface area contributed by atoms with Gasteiger partial charge in [-0.25, -0.2) is 0 Å². The number of hydrogen-bond acceptors (Lipinski definition) is 5. The molecule has 7 heteroatoms. The molecule has 6 nitrogen and oxygen atoms in total. The van der Waals surface area contributed by atoms with E-state index in [1.165, 1.54) is 12.1 Å². The van der Waals surface area contributed by atoms with Crippen molar-refractivity contribution in [2.45, 2.75) is 13.5 Å². The number of hydrogen-bond donors (Lipinski definition) is 2. The van der Waals surface area contributed by atoms with Gasteiger partial charge in [-0.05, 0) is 24.2 Å². The normalized spacial score (nSPS) is 10.3. The summed E-state index contributed by atoms with van der Waals surface area (Å²) in [6.07, 6.45) is 0. The van der Waals surface area contributed by atoms with Crippen molar-refractivity contribution in [3.8, 4) is 0 Å². The number of nitrogens with zero attached hydrogens (tertiary/aromatic N) is 1. The monoisotopic (exact) mass is 305 g/mol. The third-order valence-electron chi connectivity index (χ3n) is 2.83. The first-order chi connectivity index (χ1) is 10.1. The van der Waals surface area contributed by atoms with Gasteiger partial charge in [-0.3, -0.25) is 14.9 Å². The molecule has 0 atom stereocenters. The van der Waals surface area contributed by atoms with Crippen LogP contribution in [0.4, 0.5) is 10.7 Å². The van der Waals surface area contributed by atoms with E-state index in [-0.39, 0.29) is 10.9 Å². The van der Waals surface area contributed by atoms with Gasteiger partial charge in [-0.1, -0.05) is 36.5 Å². The molecule has 0 spiro atoms. The Kier molecular flexibility index (Phi) is 5.02. The highest BCUT2D eigenvalue weighted by molar-refractivity contribution is 7.17. The predicted octanol–water partition coefficient (Wildman–Crippen LogP) is 3.02. The first kappa shape index (κ1) is 15.1. The van der Waals surface area contributed by atoms with Crippen LogP contribution in [0.5, 0.6) is 0 Å². The molecule has 2 N–H and O–H groups in total. The van der Waals surface area contributed by atoms with Crippen molar-refractivity contribution in [2.75, 3.05) is 11.9 Å². The van der Waals surface area contributed by atoms with Crippen LogP contribution in [0, 0.1) is 10.1 Å². The zero-order valence-electron chi connectivity index (χ0n) is 11.5. The zero-order valence-corrected chi connectivity index (χ0v) is 12.3. The van der Waals surface area contributed by atoms with Crippen LogP contribution < -0.4 is 10.6 Å². The largest absolute Gasteiger partial charge is 0.324 e. The Hall–Kier alpha value is -2.25. The Morgan fingerprint density at radius 1 is 1.29 bits per heavy atom. The third-order valence-corrected chi connectivity index (χ3v) is 3.86. The minimum atomic E-state index is -0.499. The Bertz CT molecular complexity index is 654. The average Bonchev–Trinajstić information content (AvgIpc) is 2.96. The summed E-state index contributed by atoms with van der Waals surface area (Å²) in [4.78, 5) is 22.6. The van der Waals surface area contributed by atoms with Gasteiger partial charge in [0.2, 0.25) is 0 Å². The number of rotatable bonds is 6. The first-order valence-corrected chi connectivity index (χ1v) is 7.27. The topological polar surface area (TPSA) is 84.3 Å². The molecule has 1 heterocycles. The fourth-order valence-electron chi connectivity index (χ4n) is 1.79. The molecule has 0 saturated carbocycles. The van der Waals surface area contributed by atoms with Gasteiger partial charge in [0.15, 0.2) is 0 Å². The predicted molar refractivity (Wildman–Crippen MR) is 82.7 cm³/mol. The van der Waals surface area contributed by atoms with Crippen LogP contribution >= 0.6 is 11.3 Å². The van der Waals surface area contributed by atoms with Crippen molar-refractivity contribution >= 4 is 27.9 Å². The summed E-state index contributed by atoms with van der Waals surface area (Å²) in [5.74, 6) is -0.336.